The van der Waals surface area contributed by atoms with E-state index < -0.39 is 10.0 Å². The van der Waals surface area contributed by atoms with Gasteiger partial charge in [-0.2, -0.15) is 0 Å². The molecule has 2 aromatic rings. The summed E-state index contributed by atoms with van der Waals surface area (Å²) in [6, 6.07) is 10.4. The van der Waals surface area contributed by atoms with Crippen molar-refractivity contribution in [3.05, 3.63) is 52.0 Å². The number of aryl methyl sites for hydroxylation is 2. The van der Waals surface area contributed by atoms with Crippen LogP contribution in [0.15, 0.2) is 45.8 Å². The predicted octanol–water partition coefficient (Wildman–Crippen LogP) is 3.45. The highest BCUT2D eigenvalue weighted by molar-refractivity contribution is 9.10. The van der Waals surface area contributed by atoms with Crippen LogP contribution < -0.4 is 10.5 Å². The second-order valence-corrected chi connectivity index (χ2v) is 7.09. The van der Waals surface area contributed by atoms with E-state index in [1.807, 2.05) is 19.1 Å². The molecule has 0 saturated carbocycles. The number of halogens is 1. The maximum absolute atomic E-state index is 12.5. The molecule has 0 aliphatic carbocycles. The van der Waals surface area contributed by atoms with Crippen molar-refractivity contribution in [2.45, 2.75) is 18.7 Å². The number of hydrogen-bond acceptors (Lipinski definition) is 3. The molecule has 0 unspecified atom stereocenters. The molecule has 0 atom stereocenters. The zero-order chi connectivity index (χ0) is 14.9. The van der Waals surface area contributed by atoms with Gasteiger partial charge in [0.05, 0.1) is 11.4 Å². The minimum absolute atomic E-state index is 0.124. The van der Waals surface area contributed by atoms with E-state index in [0.717, 1.165) is 10.0 Å². The number of nitrogen functional groups attached to an aromatic ring is 1. The van der Waals surface area contributed by atoms with Crippen molar-refractivity contribution in [1.82, 2.24) is 0 Å². The molecule has 0 spiro atoms. The monoisotopic (exact) mass is 354 g/mol. The van der Waals surface area contributed by atoms with E-state index in [2.05, 4.69) is 20.7 Å². The van der Waals surface area contributed by atoms with Gasteiger partial charge in [0, 0.05) is 4.47 Å². The number of nitrogens with two attached hydrogens (primary N) is 1. The van der Waals surface area contributed by atoms with Crippen molar-refractivity contribution in [1.29, 1.82) is 0 Å². The summed E-state index contributed by atoms with van der Waals surface area (Å²) in [5, 5.41) is 0. The SMILES string of the molecule is Cc1ccc(Br)cc1NS(=O)(=O)c1c(C)cccc1N. The third-order valence-corrected chi connectivity index (χ3v) is 5.03. The first kappa shape index (κ1) is 14.9. The summed E-state index contributed by atoms with van der Waals surface area (Å²) in [4.78, 5) is 0.124. The quantitative estimate of drug-likeness (QED) is 0.829. The largest absolute Gasteiger partial charge is 0.398 e. The number of sulfonamides is 1. The molecule has 0 heterocycles. The van der Waals surface area contributed by atoms with Gasteiger partial charge in [0.2, 0.25) is 0 Å². The molecule has 0 aliphatic heterocycles. The summed E-state index contributed by atoms with van der Waals surface area (Å²) in [7, 11) is -3.71. The van der Waals surface area contributed by atoms with Crippen molar-refractivity contribution >= 4 is 37.3 Å². The summed E-state index contributed by atoms with van der Waals surface area (Å²) in [5.41, 5.74) is 8.02. The zero-order valence-electron chi connectivity index (χ0n) is 11.1. The van der Waals surface area contributed by atoms with Crippen molar-refractivity contribution in [2.24, 2.45) is 0 Å². The Morgan fingerprint density at radius 2 is 1.80 bits per heavy atom. The maximum atomic E-state index is 12.5. The van der Waals surface area contributed by atoms with Gasteiger partial charge in [0.1, 0.15) is 4.90 Å². The van der Waals surface area contributed by atoms with E-state index in [9.17, 15) is 8.42 Å². The van der Waals surface area contributed by atoms with Gasteiger partial charge in [-0.3, -0.25) is 4.72 Å². The smallest absolute Gasteiger partial charge is 0.264 e. The fourth-order valence-corrected chi connectivity index (χ4v) is 3.79. The van der Waals surface area contributed by atoms with Gasteiger partial charge in [-0.05, 0) is 43.2 Å². The second-order valence-electron chi connectivity index (χ2n) is 4.56. The van der Waals surface area contributed by atoms with E-state index in [4.69, 9.17) is 5.73 Å². The molecule has 0 amide bonds. The first-order chi connectivity index (χ1) is 9.31. The van der Waals surface area contributed by atoms with Crippen molar-refractivity contribution in [3.63, 3.8) is 0 Å². The van der Waals surface area contributed by atoms with E-state index in [1.54, 1.807) is 31.2 Å². The molecule has 0 aromatic heterocycles. The standard InChI is InChI=1S/C14H15BrN2O2S/c1-9-6-7-11(15)8-13(9)17-20(18,19)14-10(2)4-3-5-12(14)16/h3-8,17H,16H2,1-2H3. The van der Waals surface area contributed by atoms with E-state index in [0.29, 0.717) is 11.3 Å². The lowest BCUT2D eigenvalue weighted by Crippen LogP contribution is -2.16. The minimum atomic E-state index is -3.71. The molecule has 0 bridgehead atoms. The van der Waals surface area contributed by atoms with Crippen molar-refractivity contribution < 1.29 is 8.42 Å². The third kappa shape index (κ3) is 2.96. The van der Waals surface area contributed by atoms with Crippen molar-refractivity contribution in [2.75, 3.05) is 10.5 Å². The summed E-state index contributed by atoms with van der Waals surface area (Å²) in [6.45, 7) is 3.56. The fraction of sp³-hybridized carbons (Fsp3) is 0.143. The molecule has 0 fully saturated rings. The molecule has 4 nitrogen and oxygen atoms in total. The molecule has 0 aliphatic rings. The van der Waals surface area contributed by atoms with Crippen molar-refractivity contribution in [3.8, 4) is 0 Å². The van der Waals surface area contributed by atoms with E-state index in [-0.39, 0.29) is 10.6 Å². The average Bonchev–Trinajstić information content (AvgIpc) is 2.33. The highest BCUT2D eigenvalue weighted by Gasteiger charge is 2.20. The number of anilines is 2. The van der Waals surface area contributed by atoms with Crippen LogP contribution >= 0.6 is 15.9 Å². The molecule has 106 valence electrons. The van der Waals surface area contributed by atoms with Crippen LogP contribution in [0.3, 0.4) is 0 Å². The van der Waals surface area contributed by atoms with Gasteiger partial charge in [0.25, 0.3) is 10.0 Å². The molecule has 0 radical (unpaired) electrons. The first-order valence-electron chi connectivity index (χ1n) is 5.95. The molecular formula is C14H15BrN2O2S. The van der Waals surface area contributed by atoms with Crippen LogP contribution in [-0.2, 0) is 10.0 Å². The Balaban J connectivity index is 2.49. The van der Waals surface area contributed by atoms with Crippen LogP contribution in [0.2, 0.25) is 0 Å². The highest BCUT2D eigenvalue weighted by atomic mass is 79.9. The van der Waals surface area contributed by atoms with Crippen LogP contribution in [0.5, 0.6) is 0 Å². The van der Waals surface area contributed by atoms with E-state index in [1.165, 1.54) is 0 Å². The Kier molecular flexibility index (Phi) is 4.06. The topological polar surface area (TPSA) is 72.2 Å². The average molecular weight is 355 g/mol. The Hall–Kier alpha value is -1.53. The third-order valence-electron chi connectivity index (χ3n) is 2.96. The summed E-state index contributed by atoms with van der Waals surface area (Å²) >= 11 is 3.33. The molecule has 2 rings (SSSR count). The summed E-state index contributed by atoms with van der Waals surface area (Å²) in [5.74, 6) is 0. The molecule has 20 heavy (non-hydrogen) atoms. The number of nitrogens with one attached hydrogen (secondary N) is 1. The van der Waals surface area contributed by atoms with Gasteiger partial charge in [-0.15, -0.1) is 0 Å². The van der Waals surface area contributed by atoms with Crippen LogP contribution in [0.4, 0.5) is 11.4 Å². The highest BCUT2D eigenvalue weighted by Crippen LogP contribution is 2.27. The second kappa shape index (κ2) is 5.46. The Bertz CT molecular complexity index is 738. The maximum Gasteiger partial charge on any atom is 0.264 e. The first-order valence-corrected chi connectivity index (χ1v) is 8.23. The van der Waals surface area contributed by atoms with Crippen LogP contribution in [0.25, 0.3) is 0 Å². The lowest BCUT2D eigenvalue weighted by atomic mass is 10.2. The van der Waals surface area contributed by atoms with E-state index >= 15 is 0 Å². The Labute approximate surface area is 127 Å². The Morgan fingerprint density at radius 1 is 1.10 bits per heavy atom. The van der Waals surface area contributed by atoms with Gasteiger partial charge in [-0.25, -0.2) is 8.42 Å². The fourth-order valence-electron chi connectivity index (χ4n) is 1.94. The zero-order valence-corrected chi connectivity index (χ0v) is 13.5. The van der Waals surface area contributed by atoms with Crippen LogP contribution in [0.1, 0.15) is 11.1 Å². The van der Waals surface area contributed by atoms with Gasteiger partial charge in [0.15, 0.2) is 0 Å². The normalized spacial score (nSPS) is 11.3. The summed E-state index contributed by atoms with van der Waals surface area (Å²) in [6.07, 6.45) is 0. The minimum Gasteiger partial charge on any atom is -0.398 e. The molecule has 2 aromatic carbocycles. The lowest BCUT2D eigenvalue weighted by Gasteiger charge is -2.14. The van der Waals surface area contributed by atoms with Gasteiger partial charge >= 0.3 is 0 Å². The number of rotatable bonds is 3. The van der Waals surface area contributed by atoms with Crippen LogP contribution in [0, 0.1) is 13.8 Å². The summed E-state index contributed by atoms with van der Waals surface area (Å²) < 4.78 is 28.4. The Morgan fingerprint density at radius 3 is 2.45 bits per heavy atom. The molecule has 3 N–H and O–H groups in total. The molecule has 0 saturated heterocycles. The molecule has 6 heteroatoms. The number of benzene rings is 2. The van der Waals surface area contributed by atoms with Crippen LogP contribution in [-0.4, -0.2) is 8.42 Å². The predicted molar refractivity (Wildman–Crippen MR) is 85.3 cm³/mol. The number of hydrogen-bond donors (Lipinski definition) is 2. The van der Waals surface area contributed by atoms with Gasteiger partial charge in [-0.1, -0.05) is 34.1 Å². The molecular weight excluding hydrogens is 340 g/mol. The lowest BCUT2D eigenvalue weighted by molar-refractivity contribution is 0.601. The van der Waals surface area contributed by atoms with Gasteiger partial charge < -0.3 is 5.73 Å².